The first-order chi connectivity index (χ1) is 9.38. The summed E-state index contributed by atoms with van der Waals surface area (Å²) in [5.41, 5.74) is 0.706. The molecule has 3 N–H and O–H groups in total. The van der Waals surface area contributed by atoms with Crippen LogP contribution in [0.15, 0.2) is 24.3 Å². The minimum Gasteiger partial charge on any atom is -0.508 e. The fraction of sp³-hybridized carbons (Fsp3) is 0.467. The molecule has 0 saturated carbocycles. The second-order valence-corrected chi connectivity index (χ2v) is 5.27. The topological polar surface area (TPSA) is 78.4 Å². The van der Waals surface area contributed by atoms with Crippen molar-refractivity contribution in [2.24, 2.45) is 5.92 Å². The number of nitrogens with one attached hydrogen (secondary N) is 2. The molecule has 0 aliphatic heterocycles. The standard InChI is InChI=1S/C15H22N2O3/c1-10(2)9-16-15(20)11(3)17-14(19)8-12-5-4-6-13(18)7-12/h4-7,10-11,18H,8-9H2,1-3H3,(H,16,20)(H,17,19). The minimum atomic E-state index is -0.571. The van der Waals surface area contributed by atoms with Gasteiger partial charge in [0.2, 0.25) is 11.8 Å². The molecule has 110 valence electrons. The van der Waals surface area contributed by atoms with E-state index in [4.69, 9.17) is 0 Å². The monoisotopic (exact) mass is 278 g/mol. The summed E-state index contributed by atoms with van der Waals surface area (Å²) in [5, 5.41) is 14.7. The Morgan fingerprint density at radius 2 is 1.95 bits per heavy atom. The Bertz CT molecular complexity index is 472. The second kappa shape index (κ2) is 7.53. The molecule has 0 fully saturated rings. The van der Waals surface area contributed by atoms with E-state index in [2.05, 4.69) is 10.6 Å². The van der Waals surface area contributed by atoms with Crippen molar-refractivity contribution >= 4 is 11.8 Å². The summed E-state index contributed by atoms with van der Waals surface area (Å²) in [6, 6.07) is 5.94. The van der Waals surface area contributed by atoms with Gasteiger partial charge in [-0.15, -0.1) is 0 Å². The molecule has 0 bridgehead atoms. The van der Waals surface area contributed by atoms with Crippen LogP contribution in [0.25, 0.3) is 0 Å². The quantitative estimate of drug-likeness (QED) is 0.732. The number of phenolic OH excluding ortho intramolecular Hbond substituents is 1. The Labute approximate surface area is 119 Å². The molecular weight excluding hydrogens is 256 g/mol. The van der Waals surface area contributed by atoms with Gasteiger partial charge in [-0.2, -0.15) is 0 Å². The maximum Gasteiger partial charge on any atom is 0.242 e. The summed E-state index contributed by atoms with van der Waals surface area (Å²) in [7, 11) is 0. The van der Waals surface area contributed by atoms with Gasteiger partial charge in [-0.3, -0.25) is 9.59 Å². The molecular formula is C15H22N2O3. The molecule has 1 aromatic carbocycles. The van der Waals surface area contributed by atoms with Crippen molar-refractivity contribution in [3.8, 4) is 5.75 Å². The van der Waals surface area contributed by atoms with Crippen molar-refractivity contribution in [2.45, 2.75) is 33.2 Å². The molecule has 2 amide bonds. The third-order valence-electron chi connectivity index (χ3n) is 2.73. The lowest BCUT2D eigenvalue weighted by molar-refractivity contribution is -0.128. The van der Waals surface area contributed by atoms with Crippen molar-refractivity contribution in [3.63, 3.8) is 0 Å². The average molecular weight is 278 g/mol. The Morgan fingerprint density at radius 3 is 2.55 bits per heavy atom. The van der Waals surface area contributed by atoms with Crippen molar-refractivity contribution in [2.75, 3.05) is 6.54 Å². The van der Waals surface area contributed by atoms with Gasteiger partial charge in [-0.05, 0) is 30.5 Å². The van der Waals surface area contributed by atoms with Crippen LogP contribution in [-0.4, -0.2) is 29.5 Å². The predicted molar refractivity (Wildman–Crippen MR) is 77.3 cm³/mol. The predicted octanol–water partition coefficient (Wildman–Crippen LogP) is 1.21. The van der Waals surface area contributed by atoms with E-state index in [1.54, 1.807) is 25.1 Å². The number of carbonyl (C=O) groups excluding carboxylic acids is 2. The number of aromatic hydroxyl groups is 1. The molecule has 0 aliphatic rings. The minimum absolute atomic E-state index is 0.123. The Kier molecular flexibility index (Phi) is 6.03. The third-order valence-corrected chi connectivity index (χ3v) is 2.73. The van der Waals surface area contributed by atoms with E-state index in [0.29, 0.717) is 18.0 Å². The zero-order chi connectivity index (χ0) is 15.1. The van der Waals surface area contributed by atoms with Gasteiger partial charge in [0.1, 0.15) is 11.8 Å². The number of amides is 2. The highest BCUT2D eigenvalue weighted by Gasteiger charge is 2.15. The fourth-order valence-corrected chi connectivity index (χ4v) is 1.67. The molecule has 1 unspecified atom stereocenters. The second-order valence-electron chi connectivity index (χ2n) is 5.27. The number of phenols is 1. The van der Waals surface area contributed by atoms with E-state index < -0.39 is 6.04 Å². The summed E-state index contributed by atoms with van der Waals surface area (Å²) >= 11 is 0. The molecule has 0 heterocycles. The number of carbonyl (C=O) groups is 2. The normalized spacial score (nSPS) is 12.0. The van der Waals surface area contributed by atoms with Crippen LogP contribution in [0.1, 0.15) is 26.3 Å². The first kappa shape index (κ1) is 16.0. The third kappa shape index (κ3) is 5.73. The van der Waals surface area contributed by atoms with Gasteiger partial charge in [0.15, 0.2) is 0 Å². The number of hydrogen-bond donors (Lipinski definition) is 3. The first-order valence-corrected chi connectivity index (χ1v) is 6.73. The highest BCUT2D eigenvalue weighted by molar-refractivity contribution is 5.88. The van der Waals surface area contributed by atoms with Gasteiger partial charge >= 0.3 is 0 Å². The Morgan fingerprint density at radius 1 is 1.25 bits per heavy atom. The smallest absolute Gasteiger partial charge is 0.242 e. The van der Waals surface area contributed by atoms with Crippen LogP contribution in [0.3, 0.4) is 0 Å². The van der Waals surface area contributed by atoms with Crippen LogP contribution in [0.2, 0.25) is 0 Å². The molecule has 0 saturated heterocycles. The van der Waals surface area contributed by atoms with E-state index >= 15 is 0 Å². The molecule has 0 spiro atoms. The lowest BCUT2D eigenvalue weighted by atomic mass is 10.1. The van der Waals surface area contributed by atoms with Crippen LogP contribution in [0.5, 0.6) is 5.75 Å². The molecule has 1 atom stereocenters. The molecule has 5 nitrogen and oxygen atoms in total. The van der Waals surface area contributed by atoms with Crippen LogP contribution in [-0.2, 0) is 16.0 Å². The maximum atomic E-state index is 11.8. The first-order valence-electron chi connectivity index (χ1n) is 6.73. The average Bonchev–Trinajstić information content (AvgIpc) is 2.35. The van der Waals surface area contributed by atoms with E-state index in [1.807, 2.05) is 13.8 Å². The zero-order valence-electron chi connectivity index (χ0n) is 12.1. The van der Waals surface area contributed by atoms with Crippen LogP contribution >= 0.6 is 0 Å². The molecule has 20 heavy (non-hydrogen) atoms. The highest BCUT2D eigenvalue weighted by atomic mass is 16.3. The number of rotatable bonds is 6. The van der Waals surface area contributed by atoms with Gasteiger partial charge in [0.05, 0.1) is 6.42 Å². The molecule has 0 aromatic heterocycles. The molecule has 0 aliphatic carbocycles. The van der Waals surface area contributed by atoms with E-state index in [9.17, 15) is 14.7 Å². The molecule has 0 radical (unpaired) electrons. The Balaban J connectivity index is 2.43. The summed E-state index contributed by atoms with van der Waals surface area (Å²) < 4.78 is 0. The number of hydrogen-bond acceptors (Lipinski definition) is 3. The van der Waals surface area contributed by atoms with Gasteiger partial charge in [0, 0.05) is 6.54 Å². The Hall–Kier alpha value is -2.04. The fourth-order valence-electron chi connectivity index (χ4n) is 1.67. The highest BCUT2D eigenvalue weighted by Crippen LogP contribution is 2.11. The van der Waals surface area contributed by atoms with Crippen LogP contribution in [0, 0.1) is 5.92 Å². The zero-order valence-corrected chi connectivity index (χ0v) is 12.1. The summed E-state index contributed by atoms with van der Waals surface area (Å²) in [6.07, 6.45) is 0.135. The summed E-state index contributed by atoms with van der Waals surface area (Å²) in [6.45, 7) is 6.25. The van der Waals surface area contributed by atoms with Crippen molar-refractivity contribution in [1.82, 2.24) is 10.6 Å². The number of benzene rings is 1. The van der Waals surface area contributed by atoms with Gasteiger partial charge in [-0.1, -0.05) is 26.0 Å². The van der Waals surface area contributed by atoms with Crippen LogP contribution < -0.4 is 10.6 Å². The van der Waals surface area contributed by atoms with Crippen molar-refractivity contribution in [3.05, 3.63) is 29.8 Å². The van der Waals surface area contributed by atoms with E-state index in [-0.39, 0.29) is 24.0 Å². The molecule has 5 heteroatoms. The van der Waals surface area contributed by atoms with E-state index in [0.717, 1.165) is 0 Å². The lowest BCUT2D eigenvalue weighted by Crippen LogP contribution is -2.46. The van der Waals surface area contributed by atoms with Crippen molar-refractivity contribution in [1.29, 1.82) is 0 Å². The van der Waals surface area contributed by atoms with Gasteiger partial charge in [0.25, 0.3) is 0 Å². The van der Waals surface area contributed by atoms with Crippen LogP contribution in [0.4, 0.5) is 0 Å². The van der Waals surface area contributed by atoms with Gasteiger partial charge in [-0.25, -0.2) is 0 Å². The van der Waals surface area contributed by atoms with Crippen molar-refractivity contribution < 1.29 is 14.7 Å². The SMILES string of the molecule is CC(C)CNC(=O)C(C)NC(=O)Cc1cccc(O)c1. The summed E-state index contributed by atoms with van der Waals surface area (Å²) in [4.78, 5) is 23.5. The molecule has 1 rings (SSSR count). The maximum absolute atomic E-state index is 11.8. The molecule has 1 aromatic rings. The van der Waals surface area contributed by atoms with Gasteiger partial charge < -0.3 is 15.7 Å². The summed E-state index contributed by atoms with van der Waals surface area (Å²) in [5.74, 6) is 0.0536. The largest absolute Gasteiger partial charge is 0.508 e. The lowest BCUT2D eigenvalue weighted by Gasteiger charge is -2.15. The van der Waals surface area contributed by atoms with E-state index in [1.165, 1.54) is 6.07 Å².